The van der Waals surface area contributed by atoms with Crippen molar-refractivity contribution >= 4 is 11.8 Å². The van der Waals surface area contributed by atoms with Crippen LogP contribution in [-0.2, 0) is 14.3 Å². The summed E-state index contributed by atoms with van der Waals surface area (Å²) in [6.07, 6.45) is 9.41. The van der Waals surface area contributed by atoms with Crippen LogP contribution in [0.1, 0.15) is 78.6 Å². The molecule has 3 fully saturated rings. The molecule has 4 aliphatic carbocycles. The van der Waals surface area contributed by atoms with Crippen LogP contribution in [0.4, 0.5) is 8.78 Å². The average Bonchev–Trinajstić information content (AvgIpc) is 2.93. The minimum Gasteiger partial charge on any atom is -0.450 e. The second-order valence-corrected chi connectivity index (χ2v) is 10.2. The molecule has 160 valence electrons. The van der Waals surface area contributed by atoms with E-state index in [1.807, 2.05) is 6.92 Å². The quantitative estimate of drug-likeness (QED) is 0.328. The van der Waals surface area contributed by atoms with Gasteiger partial charge in [-0.15, -0.1) is 0 Å². The van der Waals surface area contributed by atoms with Gasteiger partial charge in [-0.3, -0.25) is 9.59 Å². The number of hydrogen-bond donors (Lipinski definition) is 0. The van der Waals surface area contributed by atoms with Crippen LogP contribution in [-0.4, -0.2) is 17.4 Å². The number of carbonyl (C=O) groups is 2. The molecule has 5 heteroatoms. The van der Waals surface area contributed by atoms with Gasteiger partial charge in [-0.2, -0.15) is 8.78 Å². The first kappa shape index (κ1) is 20.7. The van der Waals surface area contributed by atoms with Crippen molar-refractivity contribution < 1.29 is 23.1 Å². The maximum absolute atomic E-state index is 13.0. The van der Waals surface area contributed by atoms with Crippen LogP contribution in [0.5, 0.6) is 0 Å². The van der Waals surface area contributed by atoms with E-state index in [1.54, 1.807) is 5.57 Å². The van der Waals surface area contributed by atoms with E-state index in [4.69, 9.17) is 4.74 Å². The lowest BCUT2D eigenvalue weighted by Gasteiger charge is -2.59. The first-order valence-corrected chi connectivity index (χ1v) is 11.1. The van der Waals surface area contributed by atoms with Crippen molar-refractivity contribution in [1.29, 1.82) is 0 Å². The zero-order valence-electron chi connectivity index (χ0n) is 17.7. The van der Waals surface area contributed by atoms with Crippen LogP contribution < -0.4 is 0 Å². The highest BCUT2D eigenvalue weighted by atomic mass is 19.3. The van der Waals surface area contributed by atoms with Gasteiger partial charge in [0, 0.05) is 12.3 Å². The Morgan fingerprint density at radius 2 is 1.83 bits per heavy atom. The molecule has 6 atom stereocenters. The number of carbonyl (C=O) groups excluding carboxylic acids is 2. The molecule has 0 heterocycles. The van der Waals surface area contributed by atoms with E-state index >= 15 is 0 Å². The summed E-state index contributed by atoms with van der Waals surface area (Å²) >= 11 is 0. The standard InChI is InChI=1S/C24H32F2O3/c1-15(27)29-24(20(28)14-21(25)26)13-10-19-17-8-7-16-6-4-5-11-22(16,2)18(17)9-12-23(19,24)3/h6,14,17-19H,4-5,7-13H2,1-3H3/t17-,18+,19+,22+,23+,24+/m1/s1. The van der Waals surface area contributed by atoms with Crippen molar-refractivity contribution in [2.24, 2.45) is 28.6 Å². The molecule has 0 aromatic carbocycles. The van der Waals surface area contributed by atoms with Crippen molar-refractivity contribution in [2.45, 2.75) is 84.2 Å². The highest BCUT2D eigenvalue weighted by molar-refractivity contribution is 5.99. The molecule has 0 aromatic heterocycles. The van der Waals surface area contributed by atoms with Gasteiger partial charge in [0.15, 0.2) is 5.60 Å². The molecular formula is C24H32F2O3. The summed E-state index contributed by atoms with van der Waals surface area (Å²) in [5, 5.41) is 0. The van der Waals surface area contributed by atoms with Gasteiger partial charge >= 0.3 is 5.97 Å². The highest BCUT2D eigenvalue weighted by Gasteiger charge is 2.68. The van der Waals surface area contributed by atoms with Crippen molar-refractivity contribution in [3.63, 3.8) is 0 Å². The molecule has 0 aromatic rings. The summed E-state index contributed by atoms with van der Waals surface area (Å²) in [7, 11) is 0. The van der Waals surface area contributed by atoms with Crippen LogP contribution in [0.25, 0.3) is 0 Å². The maximum Gasteiger partial charge on any atom is 0.303 e. The Bertz CT molecular complexity index is 783. The fourth-order valence-corrected chi connectivity index (χ4v) is 7.84. The van der Waals surface area contributed by atoms with Crippen molar-refractivity contribution in [1.82, 2.24) is 0 Å². The fraction of sp³-hybridized carbons (Fsp3) is 0.750. The molecule has 0 aliphatic heterocycles. The number of ketones is 1. The van der Waals surface area contributed by atoms with Gasteiger partial charge in [-0.1, -0.05) is 25.5 Å². The lowest BCUT2D eigenvalue weighted by Crippen LogP contribution is -2.58. The SMILES string of the molecule is CC(=O)O[C@]1(C(=O)C=C(F)F)CC[C@H]2[C@@H]3CCC4=CCCC[C@]4(C)[C@H]3CC[C@@]21C. The van der Waals surface area contributed by atoms with Gasteiger partial charge in [0.2, 0.25) is 5.78 Å². The van der Waals surface area contributed by atoms with E-state index < -0.39 is 28.8 Å². The number of ether oxygens (including phenoxy) is 1. The average molecular weight is 407 g/mol. The minimum atomic E-state index is -2.02. The van der Waals surface area contributed by atoms with Gasteiger partial charge in [0.05, 0.1) is 6.08 Å². The molecular weight excluding hydrogens is 374 g/mol. The third-order valence-corrected chi connectivity index (χ3v) is 9.10. The van der Waals surface area contributed by atoms with Gasteiger partial charge < -0.3 is 4.74 Å². The summed E-state index contributed by atoms with van der Waals surface area (Å²) in [6.45, 7) is 5.70. The Morgan fingerprint density at radius 3 is 2.52 bits per heavy atom. The Balaban J connectivity index is 1.72. The van der Waals surface area contributed by atoms with Crippen LogP contribution in [0, 0.1) is 28.6 Å². The van der Waals surface area contributed by atoms with E-state index in [1.165, 1.54) is 26.2 Å². The van der Waals surface area contributed by atoms with Gasteiger partial charge in [-0.05, 0) is 81.0 Å². The van der Waals surface area contributed by atoms with Gasteiger partial charge in [0.25, 0.3) is 6.08 Å². The third kappa shape index (κ3) is 2.94. The molecule has 0 radical (unpaired) electrons. The Morgan fingerprint density at radius 1 is 1.10 bits per heavy atom. The molecule has 0 amide bonds. The number of fused-ring (bicyclic) bond motifs is 5. The summed E-state index contributed by atoms with van der Waals surface area (Å²) in [6, 6.07) is 0. The van der Waals surface area contributed by atoms with E-state index in [-0.39, 0.29) is 11.3 Å². The zero-order chi connectivity index (χ0) is 21.0. The minimum absolute atomic E-state index is 0.223. The summed E-state index contributed by atoms with van der Waals surface area (Å²) < 4.78 is 31.7. The number of esters is 1. The topological polar surface area (TPSA) is 43.4 Å². The molecule has 0 spiro atoms. The molecule has 4 aliphatic rings. The first-order valence-electron chi connectivity index (χ1n) is 11.1. The highest BCUT2D eigenvalue weighted by Crippen LogP contribution is 2.68. The smallest absolute Gasteiger partial charge is 0.303 e. The van der Waals surface area contributed by atoms with Gasteiger partial charge in [-0.25, -0.2) is 0 Å². The monoisotopic (exact) mass is 406 g/mol. The molecule has 4 rings (SSSR count). The molecule has 3 saturated carbocycles. The largest absolute Gasteiger partial charge is 0.450 e. The van der Waals surface area contributed by atoms with Crippen LogP contribution in [0.2, 0.25) is 0 Å². The van der Waals surface area contributed by atoms with E-state index in [0.717, 1.165) is 32.1 Å². The van der Waals surface area contributed by atoms with Crippen LogP contribution in [0.15, 0.2) is 23.8 Å². The van der Waals surface area contributed by atoms with Crippen LogP contribution in [0.3, 0.4) is 0 Å². The van der Waals surface area contributed by atoms with E-state index in [2.05, 4.69) is 13.0 Å². The van der Waals surface area contributed by atoms with Crippen molar-refractivity contribution in [3.05, 3.63) is 23.8 Å². The number of halogens is 2. The van der Waals surface area contributed by atoms with E-state index in [0.29, 0.717) is 24.3 Å². The molecule has 3 nitrogen and oxygen atoms in total. The summed E-state index contributed by atoms with van der Waals surface area (Å²) in [4.78, 5) is 24.9. The fourth-order valence-electron chi connectivity index (χ4n) is 7.84. The predicted molar refractivity (Wildman–Crippen MR) is 106 cm³/mol. The summed E-state index contributed by atoms with van der Waals surface area (Å²) in [5.74, 6) is -0.0588. The normalized spacial score (nSPS) is 43.3. The lowest BCUT2D eigenvalue weighted by atomic mass is 9.46. The zero-order valence-corrected chi connectivity index (χ0v) is 17.7. The molecule has 29 heavy (non-hydrogen) atoms. The molecule has 0 saturated heterocycles. The lowest BCUT2D eigenvalue weighted by molar-refractivity contribution is -0.185. The number of hydrogen-bond acceptors (Lipinski definition) is 3. The third-order valence-electron chi connectivity index (χ3n) is 9.10. The first-order chi connectivity index (χ1) is 13.6. The van der Waals surface area contributed by atoms with Crippen molar-refractivity contribution in [3.8, 4) is 0 Å². The second-order valence-electron chi connectivity index (χ2n) is 10.2. The predicted octanol–water partition coefficient (Wildman–Crippen LogP) is 5.99. The van der Waals surface area contributed by atoms with Crippen LogP contribution >= 0.6 is 0 Å². The Hall–Kier alpha value is -1.52. The van der Waals surface area contributed by atoms with E-state index in [9.17, 15) is 18.4 Å². The Labute approximate surface area is 171 Å². The Kier molecular flexibility index (Phi) is 5.02. The summed E-state index contributed by atoms with van der Waals surface area (Å²) in [5.41, 5.74) is -0.211. The number of allylic oxidation sites excluding steroid dienone is 2. The molecule has 0 bridgehead atoms. The van der Waals surface area contributed by atoms with Gasteiger partial charge in [0.1, 0.15) is 0 Å². The molecule has 0 N–H and O–H groups in total. The maximum atomic E-state index is 13.0. The van der Waals surface area contributed by atoms with Crippen molar-refractivity contribution in [2.75, 3.05) is 0 Å². The number of rotatable bonds is 3. The molecule has 0 unspecified atom stereocenters. The second kappa shape index (κ2) is 7.02.